The van der Waals surface area contributed by atoms with Crippen molar-refractivity contribution in [2.45, 2.75) is 42.0 Å². The van der Waals surface area contributed by atoms with Gasteiger partial charge in [-0.15, -0.1) is 0 Å². The van der Waals surface area contributed by atoms with Crippen LogP contribution in [0.3, 0.4) is 0 Å². The minimum Gasteiger partial charge on any atom is -0.497 e. The first-order valence-electron chi connectivity index (χ1n) is 10.1. The topological polar surface area (TPSA) is 120 Å². The Balaban J connectivity index is 1.58. The van der Waals surface area contributed by atoms with Crippen LogP contribution in [0.2, 0.25) is 0 Å². The first-order chi connectivity index (χ1) is 15.3. The van der Waals surface area contributed by atoms with Crippen molar-refractivity contribution in [3.63, 3.8) is 0 Å². The molecule has 0 spiro atoms. The number of ether oxygens (including phenoxy) is 4. The van der Waals surface area contributed by atoms with E-state index in [1.807, 2.05) is 0 Å². The fourth-order valence-corrected chi connectivity index (χ4v) is 5.29. The molecule has 9 nitrogen and oxygen atoms in total. The van der Waals surface area contributed by atoms with Gasteiger partial charge in [-0.3, -0.25) is 9.52 Å². The van der Waals surface area contributed by atoms with Crippen molar-refractivity contribution in [3.8, 4) is 11.5 Å². The van der Waals surface area contributed by atoms with Crippen LogP contribution < -0.4 is 14.2 Å². The molecule has 2 aromatic rings. The number of anilines is 1. The molecule has 2 N–H and O–H groups in total. The fraction of sp³-hybridized carbons (Fsp3) is 0.409. The second kappa shape index (κ2) is 8.97. The van der Waals surface area contributed by atoms with Gasteiger partial charge in [-0.25, -0.2) is 8.42 Å². The van der Waals surface area contributed by atoms with Crippen molar-refractivity contribution in [3.05, 3.63) is 48.0 Å². The maximum absolute atomic E-state index is 12.9. The number of carbonyl (C=O) groups is 1. The van der Waals surface area contributed by atoms with Crippen LogP contribution in [0.5, 0.6) is 11.5 Å². The van der Waals surface area contributed by atoms with Crippen molar-refractivity contribution in [2.24, 2.45) is 0 Å². The summed E-state index contributed by atoms with van der Waals surface area (Å²) >= 11 is 0. The number of hydrogen-bond donors (Lipinski definition) is 2. The van der Waals surface area contributed by atoms with Crippen molar-refractivity contribution < 1.29 is 37.3 Å². The highest BCUT2D eigenvalue weighted by molar-refractivity contribution is 7.92. The minimum absolute atomic E-state index is 0.0632. The van der Waals surface area contributed by atoms with E-state index in [2.05, 4.69) is 4.72 Å². The molecule has 0 saturated carbocycles. The summed E-state index contributed by atoms with van der Waals surface area (Å²) < 4.78 is 50.0. The zero-order chi connectivity index (χ0) is 22.9. The summed E-state index contributed by atoms with van der Waals surface area (Å²) in [7, 11) is -1.05. The Morgan fingerprint density at radius 1 is 1.22 bits per heavy atom. The predicted molar refractivity (Wildman–Crippen MR) is 114 cm³/mol. The smallest absolute Gasteiger partial charge is 0.308 e. The van der Waals surface area contributed by atoms with Gasteiger partial charge in [-0.1, -0.05) is 6.07 Å². The summed E-state index contributed by atoms with van der Waals surface area (Å²) in [5, 5.41) is 9.78. The highest BCUT2D eigenvalue weighted by Crippen LogP contribution is 2.47. The molecule has 2 aromatic carbocycles. The molecule has 172 valence electrons. The number of nitrogens with one attached hydrogen (secondary N) is 1. The highest BCUT2D eigenvalue weighted by Gasteiger charge is 2.46. The van der Waals surface area contributed by atoms with Gasteiger partial charge in [0.15, 0.2) is 0 Å². The average Bonchev–Trinajstić information content (AvgIpc) is 3.16. The molecule has 32 heavy (non-hydrogen) atoms. The van der Waals surface area contributed by atoms with Crippen LogP contribution in [0.4, 0.5) is 5.69 Å². The Hall–Kier alpha value is -2.82. The number of hydrogen-bond acceptors (Lipinski definition) is 8. The van der Waals surface area contributed by atoms with E-state index in [1.165, 1.54) is 26.4 Å². The molecule has 2 aliphatic rings. The number of fused-ring (bicyclic) bond motifs is 3. The van der Waals surface area contributed by atoms with Gasteiger partial charge in [-0.05, 0) is 36.8 Å². The minimum atomic E-state index is -3.83. The molecule has 0 aromatic heterocycles. The van der Waals surface area contributed by atoms with Gasteiger partial charge in [0, 0.05) is 23.2 Å². The van der Waals surface area contributed by atoms with Crippen LogP contribution in [-0.2, 0) is 24.3 Å². The van der Waals surface area contributed by atoms with E-state index in [-0.39, 0.29) is 23.8 Å². The number of benzene rings is 2. The molecule has 4 atom stereocenters. The standard InChI is InChI=1S/C22H25NO8S/c1-28-14-4-3-5-16(9-14)32(26,27)23-13-6-7-19-17(8-13)18-10-15(11-21(25)29-2)30-20(12-24)22(18)31-19/h3-9,15,18,20,22-24H,10-12H2,1-2H3/t15-,18+,20-,22-/m1/s1. The Morgan fingerprint density at radius 2 is 2.03 bits per heavy atom. The molecule has 10 heteroatoms. The fourth-order valence-electron chi connectivity index (χ4n) is 4.20. The summed E-state index contributed by atoms with van der Waals surface area (Å²) in [4.78, 5) is 11.8. The monoisotopic (exact) mass is 463 g/mol. The van der Waals surface area contributed by atoms with E-state index in [4.69, 9.17) is 18.9 Å². The third-order valence-electron chi connectivity index (χ3n) is 5.73. The van der Waals surface area contributed by atoms with Crippen LogP contribution in [0.25, 0.3) is 0 Å². The lowest BCUT2D eigenvalue weighted by Crippen LogP contribution is -2.46. The van der Waals surface area contributed by atoms with Crippen molar-refractivity contribution in [2.75, 3.05) is 25.5 Å². The number of rotatable bonds is 7. The van der Waals surface area contributed by atoms with Crippen LogP contribution in [0.1, 0.15) is 24.3 Å². The zero-order valence-corrected chi connectivity index (χ0v) is 18.5. The second-order valence-corrected chi connectivity index (χ2v) is 9.40. The van der Waals surface area contributed by atoms with E-state index in [0.717, 1.165) is 5.56 Å². The molecule has 0 bridgehead atoms. The van der Waals surface area contributed by atoms with Crippen LogP contribution >= 0.6 is 0 Å². The van der Waals surface area contributed by atoms with E-state index < -0.39 is 34.3 Å². The van der Waals surface area contributed by atoms with E-state index >= 15 is 0 Å². The van der Waals surface area contributed by atoms with Crippen LogP contribution in [-0.4, -0.2) is 58.6 Å². The number of aliphatic hydroxyl groups is 1. The SMILES string of the molecule is COC(=O)C[C@H]1C[C@H]2c3cc(NS(=O)(=O)c4cccc(OC)c4)ccc3O[C@H]2[C@@H](CO)O1. The molecular formula is C22H25NO8S. The molecule has 1 saturated heterocycles. The molecule has 0 radical (unpaired) electrons. The third kappa shape index (κ3) is 4.38. The lowest BCUT2D eigenvalue weighted by molar-refractivity contribution is -0.156. The van der Waals surface area contributed by atoms with Gasteiger partial charge in [0.1, 0.15) is 23.7 Å². The normalized spacial score (nSPS) is 24.1. The van der Waals surface area contributed by atoms with Crippen LogP contribution in [0.15, 0.2) is 47.4 Å². The van der Waals surface area contributed by atoms with Gasteiger partial charge in [0.05, 0.1) is 38.2 Å². The van der Waals surface area contributed by atoms with E-state index in [9.17, 15) is 18.3 Å². The Morgan fingerprint density at radius 3 is 2.75 bits per heavy atom. The van der Waals surface area contributed by atoms with Crippen LogP contribution in [0, 0.1) is 0 Å². The highest BCUT2D eigenvalue weighted by atomic mass is 32.2. The number of carbonyl (C=O) groups excluding carboxylic acids is 1. The number of methoxy groups -OCH3 is 2. The number of esters is 1. The van der Waals surface area contributed by atoms with E-state index in [1.54, 1.807) is 30.3 Å². The Bertz CT molecular complexity index is 1100. The molecule has 2 aliphatic heterocycles. The van der Waals surface area contributed by atoms with Crippen molar-refractivity contribution in [1.29, 1.82) is 0 Å². The summed E-state index contributed by atoms with van der Waals surface area (Å²) in [6.45, 7) is -0.262. The molecule has 0 unspecified atom stereocenters. The maximum Gasteiger partial charge on any atom is 0.308 e. The molecule has 4 rings (SSSR count). The first-order valence-corrected chi connectivity index (χ1v) is 11.6. The van der Waals surface area contributed by atoms with Gasteiger partial charge >= 0.3 is 5.97 Å². The quantitative estimate of drug-likeness (QED) is 0.599. The lowest BCUT2D eigenvalue weighted by Gasteiger charge is -2.36. The largest absolute Gasteiger partial charge is 0.497 e. The third-order valence-corrected chi connectivity index (χ3v) is 7.10. The number of aliphatic hydroxyl groups excluding tert-OH is 1. The maximum atomic E-state index is 12.9. The van der Waals surface area contributed by atoms with E-state index in [0.29, 0.717) is 23.6 Å². The summed E-state index contributed by atoms with van der Waals surface area (Å²) in [5.41, 5.74) is 1.19. The predicted octanol–water partition coefficient (Wildman–Crippen LogP) is 2.05. The molecule has 0 amide bonds. The zero-order valence-electron chi connectivity index (χ0n) is 17.7. The molecular weight excluding hydrogens is 438 g/mol. The second-order valence-electron chi connectivity index (χ2n) is 7.72. The first kappa shape index (κ1) is 22.4. The molecule has 0 aliphatic carbocycles. The summed E-state index contributed by atoms with van der Waals surface area (Å²) in [5.74, 6) is 0.480. The van der Waals surface area contributed by atoms with Gasteiger partial charge in [-0.2, -0.15) is 0 Å². The van der Waals surface area contributed by atoms with Crippen molar-refractivity contribution in [1.82, 2.24) is 0 Å². The lowest BCUT2D eigenvalue weighted by atomic mass is 9.84. The Kier molecular flexibility index (Phi) is 6.27. The van der Waals surface area contributed by atoms with Gasteiger partial charge < -0.3 is 24.1 Å². The molecule has 2 heterocycles. The summed E-state index contributed by atoms with van der Waals surface area (Å²) in [6.07, 6.45) is -0.919. The number of sulfonamides is 1. The molecule has 1 fully saturated rings. The van der Waals surface area contributed by atoms with Gasteiger partial charge in [0.2, 0.25) is 0 Å². The average molecular weight is 464 g/mol. The Labute approximate surface area is 186 Å². The van der Waals surface area contributed by atoms with Gasteiger partial charge in [0.25, 0.3) is 10.0 Å². The van der Waals surface area contributed by atoms with Crippen molar-refractivity contribution >= 4 is 21.7 Å². The summed E-state index contributed by atoms with van der Waals surface area (Å²) in [6, 6.07) is 11.2.